The highest BCUT2D eigenvalue weighted by Gasteiger charge is 2.37. The molecule has 1 unspecified atom stereocenters. The van der Waals surface area contributed by atoms with Crippen LogP contribution < -0.4 is 0 Å². The van der Waals surface area contributed by atoms with Crippen LogP contribution in [0.2, 0.25) is 0 Å². The van der Waals surface area contributed by atoms with Crippen LogP contribution in [0.25, 0.3) is 0 Å². The molecule has 1 aliphatic rings. The first kappa shape index (κ1) is 15.6. The van der Waals surface area contributed by atoms with Crippen molar-refractivity contribution < 1.29 is 4.70 Å². The van der Waals surface area contributed by atoms with Crippen LogP contribution in [-0.2, 0) is 13.1 Å². The van der Waals surface area contributed by atoms with Gasteiger partial charge in [0.1, 0.15) is 13.1 Å². The van der Waals surface area contributed by atoms with Gasteiger partial charge in [-0.1, -0.05) is 91.0 Å². The standard InChI is InChI=1S/C22H20N3/c1-4-10-19(11-5-1)16-24-18-22(21-14-8-3-9-15-21)25(23-24)17-20-12-6-2-7-13-20/h1-15,22H,16-17H2/q+1. The molecule has 0 amide bonds. The van der Waals surface area contributed by atoms with Crippen molar-refractivity contribution >= 4 is 0 Å². The van der Waals surface area contributed by atoms with Gasteiger partial charge in [-0.3, -0.25) is 0 Å². The van der Waals surface area contributed by atoms with E-state index >= 15 is 0 Å². The lowest BCUT2D eigenvalue weighted by Gasteiger charge is -2.13. The summed E-state index contributed by atoms with van der Waals surface area (Å²) in [4.78, 5) is 0. The van der Waals surface area contributed by atoms with Gasteiger partial charge in [0.25, 0.3) is 6.54 Å². The molecule has 0 saturated heterocycles. The molecule has 3 aromatic rings. The minimum Gasteiger partial charge on any atom is -0.152 e. The van der Waals surface area contributed by atoms with Crippen molar-refractivity contribution in [2.45, 2.75) is 19.1 Å². The van der Waals surface area contributed by atoms with Crippen molar-refractivity contribution in [3.8, 4) is 0 Å². The number of rotatable bonds is 5. The Morgan fingerprint density at radius 3 is 1.96 bits per heavy atom. The number of hydrogen-bond donors (Lipinski definition) is 0. The van der Waals surface area contributed by atoms with E-state index in [4.69, 9.17) is 5.22 Å². The molecule has 0 aliphatic carbocycles. The third kappa shape index (κ3) is 3.77. The van der Waals surface area contributed by atoms with Crippen LogP contribution in [0.15, 0.2) is 96.2 Å². The second-order valence-corrected chi connectivity index (χ2v) is 6.16. The number of nitrogens with zero attached hydrogens (tertiary/aromatic N) is 3. The summed E-state index contributed by atoms with van der Waals surface area (Å²) in [5.41, 5.74) is 3.68. The SMILES string of the molecule is [C]1C(c2ccccc2)N(Cc2ccccc2)N=[N+]1Cc1ccccc1. The lowest BCUT2D eigenvalue weighted by atomic mass is 10.1. The second-order valence-electron chi connectivity index (χ2n) is 6.16. The Balaban J connectivity index is 1.58. The van der Waals surface area contributed by atoms with Crippen molar-refractivity contribution in [1.29, 1.82) is 0 Å². The summed E-state index contributed by atoms with van der Waals surface area (Å²) in [6.45, 7) is 5.01. The molecule has 25 heavy (non-hydrogen) atoms. The minimum atomic E-state index is 0.0325. The van der Waals surface area contributed by atoms with E-state index in [1.165, 1.54) is 16.7 Å². The molecule has 1 aliphatic heterocycles. The average Bonchev–Trinajstić information content (AvgIpc) is 3.06. The summed E-state index contributed by atoms with van der Waals surface area (Å²) in [5.74, 6) is 0. The Labute approximate surface area is 148 Å². The molecule has 0 bridgehead atoms. The van der Waals surface area contributed by atoms with Crippen LogP contribution in [0.1, 0.15) is 22.7 Å². The molecule has 0 N–H and O–H groups in total. The summed E-state index contributed by atoms with van der Waals surface area (Å²) >= 11 is 0. The molecule has 2 radical (unpaired) electrons. The highest BCUT2D eigenvalue weighted by molar-refractivity contribution is 5.22. The fraction of sp³-hybridized carbons (Fsp3) is 0.136. The molecule has 0 saturated carbocycles. The molecule has 4 rings (SSSR count). The predicted octanol–water partition coefficient (Wildman–Crippen LogP) is 4.86. The van der Waals surface area contributed by atoms with Crippen LogP contribution in [-0.4, -0.2) is 9.71 Å². The maximum absolute atomic E-state index is 4.79. The topological polar surface area (TPSA) is 18.6 Å². The van der Waals surface area contributed by atoms with E-state index in [9.17, 15) is 0 Å². The molecule has 0 spiro atoms. The van der Waals surface area contributed by atoms with Crippen LogP contribution >= 0.6 is 0 Å². The first-order valence-corrected chi connectivity index (χ1v) is 8.53. The highest BCUT2D eigenvalue weighted by atomic mass is 15.6. The van der Waals surface area contributed by atoms with Crippen LogP contribution in [0.4, 0.5) is 0 Å². The molecule has 122 valence electrons. The highest BCUT2D eigenvalue weighted by Crippen LogP contribution is 2.31. The molecule has 1 atom stereocenters. The summed E-state index contributed by atoms with van der Waals surface area (Å²) in [6.07, 6.45) is 0. The Kier molecular flexibility index (Phi) is 4.55. The number of hydrogen-bond acceptors (Lipinski definition) is 2. The van der Waals surface area contributed by atoms with E-state index in [1.54, 1.807) is 0 Å². The van der Waals surface area contributed by atoms with Gasteiger partial charge in [0.15, 0.2) is 6.04 Å². The first-order valence-electron chi connectivity index (χ1n) is 8.53. The molecule has 0 aromatic heterocycles. The van der Waals surface area contributed by atoms with Gasteiger partial charge in [0, 0.05) is 5.56 Å². The van der Waals surface area contributed by atoms with Gasteiger partial charge in [-0.2, -0.15) is 5.01 Å². The van der Waals surface area contributed by atoms with E-state index in [1.807, 2.05) is 22.9 Å². The van der Waals surface area contributed by atoms with Crippen molar-refractivity contribution in [1.82, 2.24) is 5.01 Å². The lowest BCUT2D eigenvalue weighted by Crippen LogP contribution is -2.19. The third-order valence-electron chi connectivity index (χ3n) is 4.27. The monoisotopic (exact) mass is 326 g/mol. The van der Waals surface area contributed by atoms with Gasteiger partial charge in [0.2, 0.25) is 0 Å². The lowest BCUT2D eigenvalue weighted by molar-refractivity contribution is -0.567. The van der Waals surface area contributed by atoms with E-state index in [2.05, 4.69) is 84.4 Å². The van der Waals surface area contributed by atoms with Gasteiger partial charge in [-0.25, -0.2) is 0 Å². The smallest absolute Gasteiger partial charge is 0.152 e. The van der Waals surface area contributed by atoms with E-state index < -0.39 is 0 Å². The Morgan fingerprint density at radius 1 is 0.760 bits per heavy atom. The van der Waals surface area contributed by atoms with Gasteiger partial charge in [0.05, 0.1) is 5.22 Å². The molecular weight excluding hydrogens is 306 g/mol. The van der Waals surface area contributed by atoms with E-state index in [0.29, 0.717) is 0 Å². The second kappa shape index (κ2) is 7.31. The summed E-state index contributed by atoms with van der Waals surface area (Å²) in [5, 5.41) is 6.90. The quantitative estimate of drug-likeness (QED) is 0.612. The maximum Gasteiger partial charge on any atom is 0.281 e. The Bertz CT molecular complexity index is 829. The molecule has 3 aromatic carbocycles. The van der Waals surface area contributed by atoms with Crippen molar-refractivity contribution in [3.63, 3.8) is 0 Å². The molecule has 0 fully saturated rings. The van der Waals surface area contributed by atoms with Crippen LogP contribution in [0, 0.1) is 6.54 Å². The van der Waals surface area contributed by atoms with E-state index in [0.717, 1.165) is 13.1 Å². The largest absolute Gasteiger partial charge is 0.281 e. The average molecular weight is 326 g/mol. The Morgan fingerprint density at radius 2 is 1.32 bits per heavy atom. The maximum atomic E-state index is 4.79. The van der Waals surface area contributed by atoms with Gasteiger partial charge in [-0.15, -0.1) is 4.70 Å². The zero-order valence-electron chi connectivity index (χ0n) is 14.0. The van der Waals surface area contributed by atoms with Gasteiger partial charge < -0.3 is 0 Å². The normalized spacial score (nSPS) is 16.7. The molecule has 3 heteroatoms. The first-order chi connectivity index (χ1) is 12.4. The predicted molar refractivity (Wildman–Crippen MR) is 97.2 cm³/mol. The minimum absolute atomic E-state index is 0.0325. The fourth-order valence-corrected chi connectivity index (χ4v) is 3.03. The van der Waals surface area contributed by atoms with Crippen molar-refractivity contribution in [2.75, 3.05) is 0 Å². The van der Waals surface area contributed by atoms with Gasteiger partial charge >= 0.3 is 0 Å². The fourth-order valence-electron chi connectivity index (χ4n) is 3.03. The van der Waals surface area contributed by atoms with Crippen molar-refractivity contribution in [2.24, 2.45) is 5.22 Å². The molecule has 1 heterocycles. The zero-order valence-corrected chi connectivity index (χ0v) is 14.0. The van der Waals surface area contributed by atoms with Crippen LogP contribution in [0.3, 0.4) is 0 Å². The van der Waals surface area contributed by atoms with Crippen molar-refractivity contribution in [3.05, 3.63) is 114 Å². The number of benzene rings is 3. The molecular formula is C22H20N3+. The molecule has 3 nitrogen and oxygen atoms in total. The zero-order chi connectivity index (χ0) is 16.9. The van der Waals surface area contributed by atoms with Gasteiger partial charge in [-0.05, 0) is 11.1 Å². The summed E-state index contributed by atoms with van der Waals surface area (Å²) < 4.78 is 1.93. The van der Waals surface area contributed by atoms with E-state index in [-0.39, 0.29) is 6.04 Å². The Hall–Kier alpha value is -2.94. The van der Waals surface area contributed by atoms with Crippen LogP contribution in [0.5, 0.6) is 0 Å². The summed E-state index contributed by atoms with van der Waals surface area (Å²) in [6, 6.07) is 31.3. The summed E-state index contributed by atoms with van der Waals surface area (Å²) in [7, 11) is 0. The third-order valence-corrected chi connectivity index (χ3v) is 4.27.